The van der Waals surface area contributed by atoms with E-state index >= 15 is 0 Å². The molecule has 4 rings (SSSR count). The second kappa shape index (κ2) is 10.2. The first-order valence-electron chi connectivity index (χ1n) is 10.8. The number of nitrogens with zero attached hydrogens (tertiary/aromatic N) is 4. The summed E-state index contributed by atoms with van der Waals surface area (Å²) >= 11 is 0. The van der Waals surface area contributed by atoms with Gasteiger partial charge in [-0.25, -0.2) is 14.4 Å². The maximum atomic E-state index is 14.9. The molecule has 0 fully saturated rings. The summed E-state index contributed by atoms with van der Waals surface area (Å²) in [7, 11) is 1.53. The van der Waals surface area contributed by atoms with Gasteiger partial charge in [-0.3, -0.25) is 9.48 Å². The van der Waals surface area contributed by atoms with Crippen molar-refractivity contribution in [3.05, 3.63) is 77.9 Å². The highest BCUT2D eigenvalue weighted by atomic mass is 19.4. The molecule has 0 saturated heterocycles. The molecular formula is C24H21F4N7O2. The van der Waals surface area contributed by atoms with Crippen molar-refractivity contribution in [3.63, 3.8) is 0 Å². The third-order valence-corrected chi connectivity index (χ3v) is 5.28. The predicted molar refractivity (Wildman–Crippen MR) is 127 cm³/mol. The van der Waals surface area contributed by atoms with Gasteiger partial charge in [0.15, 0.2) is 6.23 Å². The molecule has 0 aliphatic carbocycles. The molecule has 2 heterocycles. The number of nitrogens with one attached hydrogen (secondary N) is 2. The molecule has 4 aromatic rings. The summed E-state index contributed by atoms with van der Waals surface area (Å²) in [5.74, 6) is -1.84. The van der Waals surface area contributed by atoms with Crippen molar-refractivity contribution in [1.29, 1.82) is 0 Å². The van der Waals surface area contributed by atoms with Crippen LogP contribution in [0.25, 0.3) is 22.5 Å². The number of benzene rings is 2. The molecule has 13 heteroatoms. The van der Waals surface area contributed by atoms with Crippen LogP contribution >= 0.6 is 0 Å². The van der Waals surface area contributed by atoms with E-state index in [-0.39, 0.29) is 29.6 Å². The molecule has 192 valence electrons. The van der Waals surface area contributed by atoms with Crippen LogP contribution in [0.3, 0.4) is 0 Å². The Balaban J connectivity index is 1.74. The van der Waals surface area contributed by atoms with Crippen molar-refractivity contribution in [1.82, 2.24) is 19.7 Å². The van der Waals surface area contributed by atoms with Crippen molar-refractivity contribution in [3.8, 4) is 22.5 Å². The van der Waals surface area contributed by atoms with Gasteiger partial charge >= 0.3 is 6.18 Å². The highest BCUT2D eigenvalue weighted by molar-refractivity contribution is 5.79. The van der Waals surface area contributed by atoms with Crippen molar-refractivity contribution in [2.45, 2.75) is 12.4 Å². The number of rotatable bonds is 8. The topological polar surface area (TPSA) is 131 Å². The lowest BCUT2D eigenvalue weighted by molar-refractivity contribution is -0.137. The van der Waals surface area contributed by atoms with Crippen LogP contribution in [-0.4, -0.2) is 37.3 Å². The Hall–Kier alpha value is -4.52. The van der Waals surface area contributed by atoms with Gasteiger partial charge in [-0.1, -0.05) is 30.3 Å². The molecule has 0 spiro atoms. The number of carbonyl (C=O) groups is 1. The summed E-state index contributed by atoms with van der Waals surface area (Å²) in [4.78, 5) is 19.5. The van der Waals surface area contributed by atoms with E-state index in [2.05, 4.69) is 25.7 Å². The van der Waals surface area contributed by atoms with Crippen LogP contribution in [0.2, 0.25) is 0 Å². The van der Waals surface area contributed by atoms with Crippen LogP contribution in [0, 0.1) is 5.82 Å². The molecule has 0 bridgehead atoms. The fraction of sp³-hybridized carbons (Fsp3) is 0.167. The number of aromatic nitrogens is 4. The van der Waals surface area contributed by atoms with E-state index in [1.807, 2.05) is 0 Å². The Morgan fingerprint density at radius 1 is 1.19 bits per heavy atom. The minimum absolute atomic E-state index is 0.0403. The van der Waals surface area contributed by atoms with Crippen LogP contribution in [0.1, 0.15) is 17.4 Å². The second-order valence-electron chi connectivity index (χ2n) is 7.98. The largest absolute Gasteiger partial charge is 0.417 e. The minimum Gasteiger partial charge on any atom is -0.369 e. The van der Waals surface area contributed by atoms with Crippen molar-refractivity contribution in [2.75, 3.05) is 17.2 Å². The highest BCUT2D eigenvalue weighted by Gasteiger charge is 2.36. The van der Waals surface area contributed by atoms with Gasteiger partial charge in [0.25, 0.3) is 0 Å². The lowest BCUT2D eigenvalue weighted by atomic mass is 9.99. The molecular weight excluding hydrogens is 494 g/mol. The van der Waals surface area contributed by atoms with Crippen LogP contribution in [0.5, 0.6) is 0 Å². The van der Waals surface area contributed by atoms with E-state index in [1.54, 1.807) is 30.3 Å². The number of aliphatic hydroxyl groups is 1. The van der Waals surface area contributed by atoms with Crippen molar-refractivity contribution in [2.24, 2.45) is 12.8 Å². The molecule has 0 radical (unpaired) electrons. The molecule has 5 N–H and O–H groups in total. The Kier molecular flexibility index (Phi) is 7.07. The number of anilines is 2. The van der Waals surface area contributed by atoms with Crippen molar-refractivity contribution >= 4 is 17.5 Å². The summed E-state index contributed by atoms with van der Waals surface area (Å²) in [6.07, 6.45) is -3.90. The van der Waals surface area contributed by atoms with Gasteiger partial charge in [0.1, 0.15) is 5.82 Å². The number of alkyl halides is 3. The number of halogens is 4. The number of carbonyl (C=O) groups excluding carboxylic acids is 1. The first-order chi connectivity index (χ1) is 17.5. The summed E-state index contributed by atoms with van der Waals surface area (Å²) in [5.41, 5.74) is 4.06. The van der Waals surface area contributed by atoms with E-state index in [1.165, 1.54) is 30.2 Å². The zero-order chi connectivity index (χ0) is 26.7. The van der Waals surface area contributed by atoms with E-state index < -0.39 is 40.8 Å². The molecule has 2 aromatic carbocycles. The Bertz CT molecular complexity index is 1420. The molecule has 37 heavy (non-hydrogen) atoms. The summed E-state index contributed by atoms with van der Waals surface area (Å²) in [5, 5.41) is 20.2. The molecule has 1 atom stereocenters. The van der Waals surface area contributed by atoms with E-state index in [9.17, 15) is 27.5 Å². The fourth-order valence-corrected chi connectivity index (χ4v) is 3.58. The highest BCUT2D eigenvalue weighted by Crippen LogP contribution is 2.39. The number of amides is 1. The zero-order valence-electron chi connectivity index (χ0n) is 19.3. The number of hydrogen-bond acceptors (Lipinski definition) is 7. The molecule has 0 aliphatic heterocycles. The second-order valence-corrected chi connectivity index (χ2v) is 7.98. The number of aryl methyl sites for hydroxylation is 1. The molecule has 1 amide bonds. The van der Waals surface area contributed by atoms with Gasteiger partial charge in [-0.05, 0) is 18.2 Å². The summed E-state index contributed by atoms with van der Waals surface area (Å²) in [6.45, 7) is -0.226. The lowest BCUT2D eigenvalue weighted by Crippen LogP contribution is -2.23. The van der Waals surface area contributed by atoms with E-state index in [0.717, 1.165) is 6.07 Å². The minimum atomic E-state index is -4.85. The van der Waals surface area contributed by atoms with Crippen molar-refractivity contribution < 1.29 is 27.5 Å². The monoisotopic (exact) mass is 515 g/mol. The number of hydrogen-bond donors (Lipinski definition) is 4. The van der Waals surface area contributed by atoms with Crippen LogP contribution < -0.4 is 16.4 Å². The maximum absolute atomic E-state index is 14.9. The normalized spacial score (nSPS) is 12.3. The van der Waals surface area contributed by atoms with Gasteiger partial charge in [0.05, 0.1) is 35.4 Å². The van der Waals surface area contributed by atoms with Crippen LogP contribution in [0.15, 0.2) is 60.9 Å². The van der Waals surface area contributed by atoms with Gasteiger partial charge < -0.3 is 21.5 Å². The van der Waals surface area contributed by atoms with E-state index in [0.29, 0.717) is 11.6 Å². The van der Waals surface area contributed by atoms with Crippen LogP contribution in [0.4, 0.5) is 29.2 Å². The molecule has 1 unspecified atom stereocenters. The maximum Gasteiger partial charge on any atom is 0.417 e. The quantitative estimate of drug-likeness (QED) is 0.208. The van der Waals surface area contributed by atoms with Gasteiger partial charge in [-0.15, -0.1) is 0 Å². The number of nitrogens with two attached hydrogens (primary N) is 1. The smallest absolute Gasteiger partial charge is 0.369 e. The Labute approximate surface area is 208 Å². The summed E-state index contributed by atoms with van der Waals surface area (Å²) in [6, 6.07) is 11.3. The Morgan fingerprint density at radius 3 is 2.54 bits per heavy atom. The fourth-order valence-electron chi connectivity index (χ4n) is 3.58. The Morgan fingerprint density at radius 2 is 1.92 bits per heavy atom. The number of aliphatic hydroxyl groups excluding tert-OH is 1. The molecule has 0 aliphatic rings. The first-order valence-corrected chi connectivity index (χ1v) is 10.8. The van der Waals surface area contributed by atoms with E-state index in [4.69, 9.17) is 5.73 Å². The third-order valence-electron chi connectivity index (χ3n) is 5.28. The van der Waals surface area contributed by atoms with Gasteiger partial charge in [0, 0.05) is 29.9 Å². The summed E-state index contributed by atoms with van der Waals surface area (Å²) < 4.78 is 57.2. The lowest BCUT2D eigenvalue weighted by Gasteiger charge is -2.20. The molecule has 9 nitrogen and oxygen atoms in total. The third kappa shape index (κ3) is 5.83. The predicted octanol–water partition coefficient (Wildman–Crippen LogP) is 3.70. The molecule has 0 saturated carbocycles. The van der Waals surface area contributed by atoms with Gasteiger partial charge in [0.2, 0.25) is 11.9 Å². The first kappa shape index (κ1) is 25.6. The average molecular weight is 515 g/mol. The average Bonchev–Trinajstić information content (AvgIpc) is 3.29. The standard InChI is InChI=1S/C24H21F4N7O2/c1-35-8-7-18(34-35)14-9-15(17(25)10-16(14)24(26,27)28)22(37)32-19-11-30-23(31-12-20(29)36)33-21(19)13-5-3-2-4-6-13/h2-11,22,32,37H,12H2,1H3,(H2,29,36)(H,30,31,33). The van der Waals surface area contributed by atoms with Gasteiger partial charge in [-0.2, -0.15) is 18.3 Å². The number of primary amides is 1. The zero-order valence-corrected chi connectivity index (χ0v) is 19.3. The SMILES string of the molecule is Cn1ccc(-c2cc(C(O)Nc3cnc(NCC(N)=O)nc3-c3ccccc3)c(F)cc2C(F)(F)F)n1. The van der Waals surface area contributed by atoms with Crippen LogP contribution in [-0.2, 0) is 18.0 Å². The molecule has 2 aromatic heterocycles.